The molecule has 16 heavy (non-hydrogen) atoms. The highest BCUT2D eigenvalue weighted by atomic mass is 32.1. The molecule has 0 bridgehead atoms. The highest BCUT2D eigenvalue weighted by Gasteiger charge is 2.02. The van der Waals surface area contributed by atoms with E-state index in [1.54, 1.807) is 11.3 Å². The van der Waals surface area contributed by atoms with E-state index in [-0.39, 0.29) is 0 Å². The molecule has 0 atom stereocenters. The quantitative estimate of drug-likeness (QED) is 0.863. The molecule has 0 unspecified atom stereocenters. The van der Waals surface area contributed by atoms with Crippen molar-refractivity contribution < 1.29 is 0 Å². The molecule has 0 saturated heterocycles. The lowest BCUT2D eigenvalue weighted by molar-refractivity contribution is 0.842. The number of thiazole rings is 1. The van der Waals surface area contributed by atoms with Crippen molar-refractivity contribution in [1.82, 2.24) is 9.55 Å². The van der Waals surface area contributed by atoms with Crippen molar-refractivity contribution in [1.29, 1.82) is 0 Å². The van der Waals surface area contributed by atoms with Crippen molar-refractivity contribution >= 4 is 16.5 Å². The van der Waals surface area contributed by atoms with Crippen LogP contribution in [0.4, 0.5) is 5.13 Å². The Kier molecular flexibility index (Phi) is 3.62. The zero-order valence-corrected chi connectivity index (χ0v) is 10.5. The van der Waals surface area contributed by atoms with Gasteiger partial charge in [0.2, 0.25) is 0 Å². The monoisotopic (exact) mass is 235 g/mol. The van der Waals surface area contributed by atoms with Crippen LogP contribution >= 0.6 is 11.3 Å². The maximum absolute atomic E-state index is 4.36. The van der Waals surface area contributed by atoms with E-state index in [2.05, 4.69) is 47.2 Å². The fraction of sp³-hybridized carbons (Fsp3) is 0.417. The lowest BCUT2D eigenvalue weighted by Crippen LogP contribution is -2.03. The van der Waals surface area contributed by atoms with Crippen LogP contribution in [-0.4, -0.2) is 9.55 Å². The van der Waals surface area contributed by atoms with Gasteiger partial charge in [0, 0.05) is 30.0 Å². The largest absolute Gasteiger partial charge is 0.356 e. The van der Waals surface area contributed by atoms with Gasteiger partial charge in [0.05, 0.1) is 6.54 Å². The van der Waals surface area contributed by atoms with Crippen LogP contribution in [0.15, 0.2) is 24.5 Å². The maximum atomic E-state index is 4.36. The third-order valence-corrected chi connectivity index (χ3v) is 3.54. The number of rotatable bonds is 5. The summed E-state index contributed by atoms with van der Waals surface area (Å²) in [5.74, 6) is 0. The summed E-state index contributed by atoms with van der Waals surface area (Å²) in [6, 6.07) is 4.18. The van der Waals surface area contributed by atoms with Crippen molar-refractivity contribution in [3.8, 4) is 0 Å². The highest BCUT2D eigenvalue weighted by molar-refractivity contribution is 7.15. The molecule has 4 heteroatoms. The SMILES string of the molecule is CCCc1cnc(NCc2cccn2C)s1. The van der Waals surface area contributed by atoms with Crippen molar-refractivity contribution in [2.45, 2.75) is 26.3 Å². The van der Waals surface area contributed by atoms with Crippen molar-refractivity contribution in [2.75, 3.05) is 5.32 Å². The maximum Gasteiger partial charge on any atom is 0.183 e. The van der Waals surface area contributed by atoms with Gasteiger partial charge in [0.1, 0.15) is 0 Å². The van der Waals surface area contributed by atoms with Crippen LogP contribution in [0.3, 0.4) is 0 Å². The Hall–Kier alpha value is -1.29. The number of hydrogen-bond donors (Lipinski definition) is 1. The molecule has 3 nitrogen and oxygen atoms in total. The molecular weight excluding hydrogens is 218 g/mol. The summed E-state index contributed by atoms with van der Waals surface area (Å²) >= 11 is 1.75. The Morgan fingerprint density at radius 1 is 1.50 bits per heavy atom. The van der Waals surface area contributed by atoms with Gasteiger partial charge in [0.25, 0.3) is 0 Å². The Morgan fingerprint density at radius 2 is 2.38 bits per heavy atom. The van der Waals surface area contributed by atoms with Gasteiger partial charge in [-0.25, -0.2) is 4.98 Å². The predicted molar refractivity (Wildman–Crippen MR) is 68.8 cm³/mol. The molecule has 0 saturated carbocycles. The Balaban J connectivity index is 1.92. The number of aryl methyl sites for hydroxylation is 2. The van der Waals surface area contributed by atoms with E-state index >= 15 is 0 Å². The topological polar surface area (TPSA) is 29.9 Å². The van der Waals surface area contributed by atoms with Crippen molar-refractivity contribution in [3.05, 3.63) is 35.1 Å². The van der Waals surface area contributed by atoms with E-state index in [0.717, 1.165) is 18.1 Å². The Morgan fingerprint density at radius 3 is 3.06 bits per heavy atom. The zero-order chi connectivity index (χ0) is 11.4. The number of anilines is 1. The third-order valence-electron chi connectivity index (χ3n) is 2.52. The molecule has 2 aromatic rings. The summed E-state index contributed by atoms with van der Waals surface area (Å²) in [6.07, 6.45) is 6.34. The van der Waals surface area contributed by atoms with Crippen LogP contribution < -0.4 is 5.32 Å². The summed E-state index contributed by atoms with van der Waals surface area (Å²) < 4.78 is 2.12. The van der Waals surface area contributed by atoms with Gasteiger partial charge in [-0.3, -0.25) is 0 Å². The number of nitrogens with one attached hydrogen (secondary N) is 1. The smallest absolute Gasteiger partial charge is 0.183 e. The van der Waals surface area contributed by atoms with Crippen molar-refractivity contribution in [2.24, 2.45) is 7.05 Å². The van der Waals surface area contributed by atoms with Gasteiger partial charge in [-0.2, -0.15) is 0 Å². The first-order valence-corrected chi connectivity index (χ1v) is 6.40. The normalized spacial score (nSPS) is 10.6. The minimum atomic E-state index is 0.836. The van der Waals surface area contributed by atoms with Gasteiger partial charge in [-0.15, -0.1) is 11.3 Å². The number of hydrogen-bond acceptors (Lipinski definition) is 3. The summed E-state index contributed by atoms with van der Waals surface area (Å²) in [5, 5.41) is 4.37. The molecule has 2 rings (SSSR count). The third kappa shape index (κ3) is 2.64. The fourth-order valence-electron chi connectivity index (χ4n) is 1.60. The summed E-state index contributed by atoms with van der Waals surface area (Å²) in [5.41, 5.74) is 1.27. The van der Waals surface area contributed by atoms with Crippen LogP contribution in [0.25, 0.3) is 0 Å². The van der Waals surface area contributed by atoms with Crippen LogP contribution in [-0.2, 0) is 20.0 Å². The first-order chi connectivity index (χ1) is 7.79. The van der Waals surface area contributed by atoms with E-state index < -0.39 is 0 Å². The minimum Gasteiger partial charge on any atom is -0.356 e. The van der Waals surface area contributed by atoms with Gasteiger partial charge in [0.15, 0.2) is 5.13 Å². The van der Waals surface area contributed by atoms with Crippen LogP contribution in [0, 0.1) is 0 Å². The van der Waals surface area contributed by atoms with Gasteiger partial charge in [-0.05, 0) is 18.6 Å². The molecule has 0 amide bonds. The Labute approximate surface area is 100 Å². The lowest BCUT2D eigenvalue weighted by Gasteiger charge is -2.03. The molecule has 1 N–H and O–H groups in total. The molecule has 2 aromatic heterocycles. The van der Waals surface area contributed by atoms with E-state index in [4.69, 9.17) is 0 Å². The average Bonchev–Trinajstić information content (AvgIpc) is 2.86. The molecule has 0 aromatic carbocycles. The second-order valence-electron chi connectivity index (χ2n) is 3.85. The number of aromatic nitrogens is 2. The molecule has 0 fully saturated rings. The molecule has 2 heterocycles. The fourth-order valence-corrected chi connectivity index (χ4v) is 2.51. The second kappa shape index (κ2) is 5.16. The van der Waals surface area contributed by atoms with Gasteiger partial charge in [-0.1, -0.05) is 13.3 Å². The highest BCUT2D eigenvalue weighted by Crippen LogP contribution is 2.19. The first-order valence-electron chi connectivity index (χ1n) is 5.58. The standard InChI is InChI=1S/C12H17N3S/c1-3-5-11-9-14-12(16-11)13-8-10-6-4-7-15(10)2/h4,6-7,9H,3,5,8H2,1-2H3,(H,13,14). The van der Waals surface area contributed by atoms with Crippen LogP contribution in [0.5, 0.6) is 0 Å². The summed E-state index contributed by atoms with van der Waals surface area (Å²) in [4.78, 5) is 5.72. The molecule has 86 valence electrons. The molecule has 0 aliphatic rings. The van der Waals surface area contributed by atoms with Crippen LogP contribution in [0.2, 0.25) is 0 Å². The molecule has 0 aliphatic carbocycles. The van der Waals surface area contributed by atoms with E-state index in [9.17, 15) is 0 Å². The number of nitrogens with zero attached hydrogens (tertiary/aromatic N) is 2. The zero-order valence-electron chi connectivity index (χ0n) is 9.73. The molecule has 0 spiro atoms. The minimum absolute atomic E-state index is 0.836. The Bertz CT molecular complexity index is 445. The molecule has 0 radical (unpaired) electrons. The van der Waals surface area contributed by atoms with E-state index in [0.29, 0.717) is 0 Å². The summed E-state index contributed by atoms with van der Waals surface area (Å²) in [6.45, 7) is 3.03. The molecule has 0 aliphatic heterocycles. The second-order valence-corrected chi connectivity index (χ2v) is 4.96. The predicted octanol–water partition coefficient (Wildman–Crippen LogP) is 3.05. The first kappa shape index (κ1) is 11.2. The van der Waals surface area contributed by atoms with Crippen LogP contribution in [0.1, 0.15) is 23.9 Å². The van der Waals surface area contributed by atoms with E-state index in [1.165, 1.54) is 17.0 Å². The lowest BCUT2D eigenvalue weighted by atomic mass is 10.3. The average molecular weight is 235 g/mol. The summed E-state index contributed by atoms with van der Waals surface area (Å²) in [7, 11) is 2.06. The van der Waals surface area contributed by atoms with Gasteiger partial charge >= 0.3 is 0 Å². The van der Waals surface area contributed by atoms with E-state index in [1.807, 2.05) is 6.20 Å². The molecular formula is C12H17N3S. The van der Waals surface area contributed by atoms with Crippen molar-refractivity contribution in [3.63, 3.8) is 0 Å². The van der Waals surface area contributed by atoms with Gasteiger partial charge < -0.3 is 9.88 Å².